The summed E-state index contributed by atoms with van der Waals surface area (Å²) in [5.74, 6) is 1.04. The predicted molar refractivity (Wildman–Crippen MR) is 62.6 cm³/mol. The number of nitrogens with one attached hydrogen (secondary N) is 2. The van der Waals surface area contributed by atoms with Gasteiger partial charge in [0.1, 0.15) is 0 Å². The zero-order valence-corrected chi connectivity index (χ0v) is 9.81. The molecule has 1 fully saturated rings. The third-order valence-electron chi connectivity index (χ3n) is 3.15. The molecule has 0 saturated heterocycles. The molecular weight excluding hydrogens is 172 g/mol. The third-order valence-corrected chi connectivity index (χ3v) is 3.15. The lowest BCUT2D eigenvalue weighted by Crippen LogP contribution is -2.37. The zero-order valence-electron chi connectivity index (χ0n) is 9.81. The van der Waals surface area contributed by atoms with Gasteiger partial charge >= 0.3 is 0 Å². The molecule has 2 nitrogen and oxygen atoms in total. The summed E-state index contributed by atoms with van der Waals surface area (Å²) in [7, 11) is 0. The predicted octanol–water partition coefficient (Wildman–Crippen LogP) is 2.15. The van der Waals surface area contributed by atoms with Crippen LogP contribution in [0.5, 0.6) is 0 Å². The molecule has 1 aliphatic carbocycles. The molecule has 1 atom stereocenters. The van der Waals surface area contributed by atoms with Gasteiger partial charge in [0.15, 0.2) is 0 Å². The standard InChI is InChI=1S/C12H26N2/c1-3-8-13-10-11(2)14-9-7-12-5-4-6-12/h11-14H,3-10H2,1-2H3. The molecule has 84 valence electrons. The van der Waals surface area contributed by atoms with Gasteiger partial charge in [0.2, 0.25) is 0 Å². The van der Waals surface area contributed by atoms with Gasteiger partial charge in [-0.1, -0.05) is 26.2 Å². The average molecular weight is 198 g/mol. The van der Waals surface area contributed by atoms with Crippen LogP contribution in [-0.4, -0.2) is 25.7 Å². The van der Waals surface area contributed by atoms with Crippen molar-refractivity contribution in [3.8, 4) is 0 Å². The van der Waals surface area contributed by atoms with Crippen LogP contribution in [0.15, 0.2) is 0 Å². The minimum Gasteiger partial charge on any atom is -0.315 e. The zero-order chi connectivity index (χ0) is 10.2. The van der Waals surface area contributed by atoms with Gasteiger partial charge < -0.3 is 10.6 Å². The van der Waals surface area contributed by atoms with E-state index in [2.05, 4.69) is 24.5 Å². The molecule has 2 heteroatoms. The molecule has 0 aromatic heterocycles. The molecule has 0 amide bonds. The van der Waals surface area contributed by atoms with E-state index in [1.807, 2.05) is 0 Å². The highest BCUT2D eigenvalue weighted by molar-refractivity contribution is 4.72. The summed E-state index contributed by atoms with van der Waals surface area (Å²) in [5.41, 5.74) is 0. The van der Waals surface area contributed by atoms with Crippen molar-refractivity contribution in [2.24, 2.45) is 5.92 Å². The molecule has 1 unspecified atom stereocenters. The van der Waals surface area contributed by atoms with E-state index in [1.165, 1.54) is 38.6 Å². The Kier molecular flexibility index (Phi) is 6.20. The molecule has 0 heterocycles. The first kappa shape index (κ1) is 12.0. The van der Waals surface area contributed by atoms with E-state index in [-0.39, 0.29) is 0 Å². The van der Waals surface area contributed by atoms with E-state index in [0.717, 1.165) is 19.0 Å². The van der Waals surface area contributed by atoms with Crippen molar-refractivity contribution in [3.05, 3.63) is 0 Å². The van der Waals surface area contributed by atoms with Crippen molar-refractivity contribution in [2.75, 3.05) is 19.6 Å². The Labute approximate surface area is 88.8 Å². The van der Waals surface area contributed by atoms with Gasteiger partial charge in [-0.2, -0.15) is 0 Å². The van der Waals surface area contributed by atoms with Crippen LogP contribution < -0.4 is 10.6 Å². The van der Waals surface area contributed by atoms with Gasteiger partial charge in [0.25, 0.3) is 0 Å². The van der Waals surface area contributed by atoms with Crippen molar-refractivity contribution in [2.45, 2.75) is 52.0 Å². The molecule has 1 aliphatic rings. The van der Waals surface area contributed by atoms with E-state index < -0.39 is 0 Å². The Balaban J connectivity index is 1.84. The molecule has 0 radical (unpaired) electrons. The number of rotatable bonds is 8. The fourth-order valence-electron chi connectivity index (χ4n) is 1.88. The van der Waals surface area contributed by atoms with Crippen LogP contribution in [-0.2, 0) is 0 Å². The summed E-state index contributed by atoms with van der Waals surface area (Å²) in [4.78, 5) is 0. The quantitative estimate of drug-likeness (QED) is 0.584. The summed E-state index contributed by atoms with van der Waals surface area (Å²) in [6.07, 6.45) is 7.04. The van der Waals surface area contributed by atoms with Crippen LogP contribution in [0.4, 0.5) is 0 Å². The molecule has 0 aliphatic heterocycles. The Morgan fingerprint density at radius 1 is 1.29 bits per heavy atom. The van der Waals surface area contributed by atoms with Crippen LogP contribution in [0.1, 0.15) is 46.0 Å². The highest BCUT2D eigenvalue weighted by Gasteiger charge is 2.16. The topological polar surface area (TPSA) is 24.1 Å². The Hall–Kier alpha value is -0.0800. The molecule has 2 N–H and O–H groups in total. The minimum atomic E-state index is 0.627. The van der Waals surface area contributed by atoms with Crippen LogP contribution in [0.2, 0.25) is 0 Å². The number of hydrogen-bond donors (Lipinski definition) is 2. The first-order chi connectivity index (χ1) is 6.83. The maximum Gasteiger partial charge on any atom is 0.0164 e. The lowest BCUT2D eigenvalue weighted by atomic mass is 9.83. The number of hydrogen-bond acceptors (Lipinski definition) is 2. The monoisotopic (exact) mass is 198 g/mol. The summed E-state index contributed by atoms with van der Waals surface area (Å²) in [6.45, 7) is 7.94. The van der Waals surface area contributed by atoms with Crippen LogP contribution in [0.25, 0.3) is 0 Å². The normalized spacial score (nSPS) is 19.3. The average Bonchev–Trinajstić information content (AvgIpc) is 2.10. The SMILES string of the molecule is CCCNCC(C)NCCC1CCC1. The Morgan fingerprint density at radius 3 is 2.64 bits per heavy atom. The second-order valence-electron chi connectivity index (χ2n) is 4.64. The molecule has 0 spiro atoms. The minimum absolute atomic E-state index is 0.627. The van der Waals surface area contributed by atoms with Crippen LogP contribution in [0, 0.1) is 5.92 Å². The first-order valence-electron chi connectivity index (χ1n) is 6.27. The van der Waals surface area contributed by atoms with Gasteiger partial charge in [0, 0.05) is 12.6 Å². The first-order valence-corrected chi connectivity index (χ1v) is 6.27. The Morgan fingerprint density at radius 2 is 2.07 bits per heavy atom. The van der Waals surface area contributed by atoms with Gasteiger partial charge in [0.05, 0.1) is 0 Å². The highest BCUT2D eigenvalue weighted by atomic mass is 15.0. The molecule has 0 aromatic carbocycles. The van der Waals surface area contributed by atoms with Crippen molar-refractivity contribution >= 4 is 0 Å². The fraction of sp³-hybridized carbons (Fsp3) is 1.00. The molecular formula is C12H26N2. The fourth-order valence-corrected chi connectivity index (χ4v) is 1.88. The van der Waals surface area contributed by atoms with E-state index in [1.54, 1.807) is 0 Å². The summed E-state index contributed by atoms with van der Waals surface area (Å²) in [5, 5.41) is 7.02. The molecule has 14 heavy (non-hydrogen) atoms. The van der Waals surface area contributed by atoms with Crippen LogP contribution >= 0.6 is 0 Å². The molecule has 0 bridgehead atoms. The van der Waals surface area contributed by atoms with E-state index in [0.29, 0.717) is 6.04 Å². The summed E-state index contributed by atoms with van der Waals surface area (Å²) >= 11 is 0. The molecule has 0 aromatic rings. The summed E-state index contributed by atoms with van der Waals surface area (Å²) < 4.78 is 0. The lowest BCUT2D eigenvalue weighted by molar-refractivity contribution is 0.287. The van der Waals surface area contributed by atoms with E-state index in [4.69, 9.17) is 0 Å². The van der Waals surface area contributed by atoms with Crippen molar-refractivity contribution < 1.29 is 0 Å². The molecule has 1 rings (SSSR count). The Bertz CT molecular complexity index is 132. The second-order valence-corrected chi connectivity index (χ2v) is 4.64. The van der Waals surface area contributed by atoms with E-state index in [9.17, 15) is 0 Å². The summed E-state index contributed by atoms with van der Waals surface area (Å²) in [6, 6.07) is 0.627. The largest absolute Gasteiger partial charge is 0.315 e. The van der Waals surface area contributed by atoms with Crippen LogP contribution in [0.3, 0.4) is 0 Å². The van der Waals surface area contributed by atoms with Gasteiger partial charge in [-0.25, -0.2) is 0 Å². The van der Waals surface area contributed by atoms with Gasteiger partial charge in [-0.15, -0.1) is 0 Å². The van der Waals surface area contributed by atoms with E-state index >= 15 is 0 Å². The maximum absolute atomic E-state index is 3.58. The maximum atomic E-state index is 3.58. The lowest BCUT2D eigenvalue weighted by Gasteiger charge is -2.26. The third kappa shape index (κ3) is 4.97. The second kappa shape index (κ2) is 7.24. The van der Waals surface area contributed by atoms with Crippen molar-refractivity contribution in [1.29, 1.82) is 0 Å². The van der Waals surface area contributed by atoms with Crippen molar-refractivity contribution in [1.82, 2.24) is 10.6 Å². The molecule has 1 saturated carbocycles. The van der Waals surface area contributed by atoms with Crippen molar-refractivity contribution in [3.63, 3.8) is 0 Å². The smallest absolute Gasteiger partial charge is 0.0164 e. The van der Waals surface area contributed by atoms with Gasteiger partial charge in [-0.05, 0) is 38.8 Å². The van der Waals surface area contributed by atoms with Gasteiger partial charge in [-0.3, -0.25) is 0 Å². The highest BCUT2D eigenvalue weighted by Crippen LogP contribution is 2.28.